The van der Waals surface area contributed by atoms with Crippen LogP contribution in [0.15, 0.2) is 11.6 Å². The molecule has 3 unspecified atom stereocenters. The lowest BCUT2D eigenvalue weighted by Gasteiger charge is -2.58. The Labute approximate surface area is 156 Å². The molecule has 0 aromatic carbocycles. The van der Waals surface area contributed by atoms with E-state index < -0.39 is 6.10 Å². The monoisotopic (exact) mass is 364 g/mol. The summed E-state index contributed by atoms with van der Waals surface area (Å²) >= 11 is 0. The minimum atomic E-state index is -0.501. The van der Waals surface area contributed by atoms with E-state index in [4.69, 9.17) is 14.2 Å². The second-order valence-electron chi connectivity index (χ2n) is 9.28. The van der Waals surface area contributed by atoms with Gasteiger partial charge in [-0.1, -0.05) is 25.5 Å². The van der Waals surface area contributed by atoms with Gasteiger partial charge in [0.25, 0.3) is 0 Å². The minimum Gasteiger partial charge on any atom is -0.459 e. The Kier molecular flexibility index (Phi) is 4.48. The van der Waals surface area contributed by atoms with Crippen molar-refractivity contribution in [2.45, 2.75) is 77.3 Å². The molecule has 1 saturated heterocycles. The zero-order chi connectivity index (χ0) is 18.7. The summed E-state index contributed by atoms with van der Waals surface area (Å²) in [5.41, 5.74) is 1.27. The van der Waals surface area contributed by atoms with Crippen LogP contribution in [0, 0.1) is 22.7 Å². The van der Waals surface area contributed by atoms with Gasteiger partial charge in [0.1, 0.15) is 6.10 Å². The van der Waals surface area contributed by atoms with Crippen LogP contribution in [-0.4, -0.2) is 49.2 Å². The average Bonchev–Trinajstić information content (AvgIpc) is 2.91. The van der Waals surface area contributed by atoms with Gasteiger partial charge in [-0.2, -0.15) is 0 Å². The lowest BCUT2D eigenvalue weighted by Crippen LogP contribution is -2.58. The SMILES string of the molecule is CO[C@H]1CC[C@@]2(C)C(=C[C@H](O)C3C2CC[C@@]2(C)C3OC[C@@H]2OC(C)=O)C1. The number of aliphatic hydroxyl groups excluding tert-OH is 1. The molecule has 5 nitrogen and oxygen atoms in total. The number of esters is 1. The lowest BCUT2D eigenvalue weighted by atomic mass is 9.49. The molecule has 8 atom stereocenters. The van der Waals surface area contributed by atoms with Crippen molar-refractivity contribution >= 4 is 5.97 Å². The molecule has 0 aromatic heterocycles. The van der Waals surface area contributed by atoms with Gasteiger partial charge in [0.2, 0.25) is 0 Å². The van der Waals surface area contributed by atoms with Crippen molar-refractivity contribution in [3.8, 4) is 0 Å². The quantitative estimate of drug-likeness (QED) is 0.603. The first-order valence-corrected chi connectivity index (χ1v) is 10.0. The lowest BCUT2D eigenvalue weighted by molar-refractivity contribution is -0.157. The highest BCUT2D eigenvalue weighted by atomic mass is 16.6. The summed E-state index contributed by atoms with van der Waals surface area (Å²) < 4.78 is 17.4. The Balaban J connectivity index is 1.65. The summed E-state index contributed by atoms with van der Waals surface area (Å²) in [5, 5.41) is 11.0. The molecule has 5 heteroatoms. The van der Waals surface area contributed by atoms with Crippen LogP contribution in [0.1, 0.15) is 52.9 Å². The van der Waals surface area contributed by atoms with E-state index in [-0.39, 0.29) is 41.0 Å². The number of rotatable bonds is 2. The second kappa shape index (κ2) is 6.32. The normalized spacial score (nSPS) is 50.3. The number of carbonyl (C=O) groups excluding carboxylic acids is 1. The predicted molar refractivity (Wildman–Crippen MR) is 96.5 cm³/mol. The second-order valence-corrected chi connectivity index (χ2v) is 9.28. The average molecular weight is 364 g/mol. The van der Waals surface area contributed by atoms with E-state index in [9.17, 15) is 9.90 Å². The van der Waals surface area contributed by atoms with Gasteiger partial charge in [0.15, 0.2) is 0 Å². The first-order chi connectivity index (χ1) is 12.3. The molecule has 0 amide bonds. The number of carbonyl (C=O) groups is 1. The first-order valence-electron chi connectivity index (χ1n) is 10.0. The van der Waals surface area contributed by atoms with Crippen molar-refractivity contribution in [1.29, 1.82) is 0 Å². The van der Waals surface area contributed by atoms with Crippen LogP contribution in [0.3, 0.4) is 0 Å². The Morgan fingerprint density at radius 2 is 2.08 bits per heavy atom. The number of hydrogen-bond acceptors (Lipinski definition) is 5. The van der Waals surface area contributed by atoms with Crippen LogP contribution in [0.25, 0.3) is 0 Å². The molecule has 1 N–H and O–H groups in total. The maximum atomic E-state index is 11.5. The summed E-state index contributed by atoms with van der Waals surface area (Å²) in [6.45, 7) is 6.44. The first kappa shape index (κ1) is 18.5. The van der Waals surface area contributed by atoms with E-state index in [0.717, 1.165) is 32.1 Å². The number of aliphatic hydroxyl groups is 1. The fourth-order valence-corrected chi connectivity index (χ4v) is 6.41. The zero-order valence-corrected chi connectivity index (χ0v) is 16.4. The van der Waals surface area contributed by atoms with E-state index in [1.54, 1.807) is 7.11 Å². The van der Waals surface area contributed by atoms with Crippen molar-refractivity contribution < 1.29 is 24.1 Å². The van der Waals surface area contributed by atoms with Crippen LogP contribution in [0.4, 0.5) is 0 Å². The maximum absolute atomic E-state index is 11.5. The van der Waals surface area contributed by atoms with Crippen LogP contribution < -0.4 is 0 Å². The number of hydrogen-bond donors (Lipinski definition) is 1. The molecule has 3 fully saturated rings. The van der Waals surface area contributed by atoms with Crippen LogP contribution in [-0.2, 0) is 19.0 Å². The summed E-state index contributed by atoms with van der Waals surface area (Å²) in [4.78, 5) is 11.5. The van der Waals surface area contributed by atoms with Gasteiger partial charge in [0.05, 0.1) is 24.9 Å². The third-order valence-electron chi connectivity index (χ3n) is 8.01. The van der Waals surface area contributed by atoms with E-state index in [1.165, 1.54) is 12.5 Å². The molecule has 26 heavy (non-hydrogen) atoms. The summed E-state index contributed by atoms with van der Waals surface area (Å²) in [6.07, 6.45) is 6.69. The Hall–Kier alpha value is -0.910. The largest absolute Gasteiger partial charge is 0.459 e. The third-order valence-corrected chi connectivity index (χ3v) is 8.01. The van der Waals surface area contributed by atoms with Crippen molar-refractivity contribution in [1.82, 2.24) is 0 Å². The maximum Gasteiger partial charge on any atom is 0.303 e. The van der Waals surface area contributed by atoms with Gasteiger partial charge >= 0.3 is 5.97 Å². The van der Waals surface area contributed by atoms with Gasteiger partial charge in [0, 0.05) is 25.4 Å². The van der Waals surface area contributed by atoms with Gasteiger partial charge in [-0.15, -0.1) is 0 Å². The molecular weight excluding hydrogens is 332 g/mol. The number of methoxy groups -OCH3 is 1. The summed E-state index contributed by atoms with van der Waals surface area (Å²) in [7, 11) is 1.78. The molecule has 0 radical (unpaired) electrons. The molecule has 0 spiro atoms. The molecule has 4 rings (SSSR count). The molecule has 1 heterocycles. The Bertz CT molecular complexity index is 616. The molecule has 2 saturated carbocycles. The third kappa shape index (κ3) is 2.58. The van der Waals surface area contributed by atoms with Gasteiger partial charge < -0.3 is 19.3 Å². The molecule has 1 aliphatic heterocycles. The molecule has 0 bridgehead atoms. The van der Waals surface area contributed by atoms with Crippen LogP contribution in [0.5, 0.6) is 0 Å². The van der Waals surface area contributed by atoms with Crippen LogP contribution in [0.2, 0.25) is 0 Å². The predicted octanol–water partition coefficient (Wildman–Crippen LogP) is 2.86. The van der Waals surface area contributed by atoms with Crippen molar-refractivity contribution in [2.24, 2.45) is 22.7 Å². The zero-order valence-electron chi connectivity index (χ0n) is 16.4. The molecular formula is C21H32O5. The molecule has 0 aromatic rings. The molecule has 146 valence electrons. The smallest absolute Gasteiger partial charge is 0.303 e. The standard InChI is InChI=1S/C21H32O5/c1-12(22)26-17-11-25-19-18-15(6-8-21(17,19)3)20(2)7-5-14(24-4)9-13(20)10-16(18)23/h10,14-19,23H,5-9,11H2,1-4H3/t14-,15?,16-,17-,18?,19?,20-,21+/m0/s1. The molecule has 4 aliphatic rings. The summed E-state index contributed by atoms with van der Waals surface area (Å²) in [5.74, 6) is 0.227. The van der Waals surface area contributed by atoms with Gasteiger partial charge in [-0.3, -0.25) is 4.79 Å². The highest BCUT2D eigenvalue weighted by Gasteiger charge is 2.62. The highest BCUT2D eigenvalue weighted by Crippen LogP contribution is 2.62. The highest BCUT2D eigenvalue weighted by molar-refractivity contribution is 5.66. The Morgan fingerprint density at radius 1 is 1.31 bits per heavy atom. The van der Waals surface area contributed by atoms with Crippen molar-refractivity contribution in [3.63, 3.8) is 0 Å². The summed E-state index contributed by atoms with van der Waals surface area (Å²) in [6, 6.07) is 0. The van der Waals surface area contributed by atoms with E-state index in [1.807, 2.05) is 0 Å². The topological polar surface area (TPSA) is 65.0 Å². The molecule has 3 aliphatic carbocycles. The fraction of sp³-hybridized carbons (Fsp3) is 0.857. The fourth-order valence-electron chi connectivity index (χ4n) is 6.41. The number of fused-ring (bicyclic) bond motifs is 5. The van der Waals surface area contributed by atoms with E-state index >= 15 is 0 Å². The van der Waals surface area contributed by atoms with E-state index in [0.29, 0.717) is 12.5 Å². The minimum absolute atomic E-state index is 0.0598. The Morgan fingerprint density at radius 3 is 2.77 bits per heavy atom. The van der Waals surface area contributed by atoms with Crippen molar-refractivity contribution in [3.05, 3.63) is 11.6 Å². The number of ether oxygens (including phenoxy) is 3. The van der Waals surface area contributed by atoms with E-state index in [2.05, 4.69) is 19.9 Å². The van der Waals surface area contributed by atoms with Crippen LogP contribution >= 0.6 is 0 Å². The van der Waals surface area contributed by atoms with Crippen molar-refractivity contribution in [2.75, 3.05) is 13.7 Å². The van der Waals surface area contributed by atoms with Gasteiger partial charge in [-0.25, -0.2) is 0 Å². The van der Waals surface area contributed by atoms with Gasteiger partial charge in [-0.05, 0) is 43.4 Å².